The smallest absolute Gasteiger partial charge is 0.350 e. The number of pyridine rings is 1. The Morgan fingerprint density at radius 2 is 1.89 bits per heavy atom. The first-order valence-corrected chi connectivity index (χ1v) is 10.8. The number of alkyl halides is 2. The molecule has 0 spiro atoms. The second-order valence-corrected chi connectivity index (χ2v) is 8.05. The van der Waals surface area contributed by atoms with Gasteiger partial charge in [-0.3, -0.25) is 9.48 Å². The summed E-state index contributed by atoms with van der Waals surface area (Å²) in [4.78, 5) is 19.8. The van der Waals surface area contributed by atoms with Gasteiger partial charge >= 0.3 is 5.92 Å². The zero-order valence-corrected chi connectivity index (χ0v) is 20.5. The third kappa shape index (κ3) is 4.52. The molecule has 0 fully saturated rings. The Labute approximate surface area is 212 Å². The van der Waals surface area contributed by atoms with Crippen LogP contribution in [-0.4, -0.2) is 39.9 Å². The summed E-state index contributed by atoms with van der Waals surface area (Å²) in [5.41, 5.74) is -0.376. The number of fused-ring (bicyclic) bond motifs is 1. The number of nitrogens with zero attached hydrogens (tertiary/aromatic N) is 4. The predicted octanol–water partition coefficient (Wildman–Crippen LogP) is 5.29. The fourth-order valence-corrected chi connectivity index (χ4v) is 4.02. The maximum Gasteiger partial charge on any atom is 0.350 e. The van der Waals surface area contributed by atoms with E-state index >= 15 is 8.78 Å². The predicted molar refractivity (Wildman–Crippen MR) is 130 cm³/mol. The van der Waals surface area contributed by atoms with Crippen LogP contribution in [0.3, 0.4) is 0 Å². The summed E-state index contributed by atoms with van der Waals surface area (Å²) in [5, 5.41) is 8.88. The molecule has 0 saturated heterocycles. The number of methoxy groups -OCH3 is 2. The molecule has 0 aliphatic carbocycles. The van der Waals surface area contributed by atoms with Gasteiger partial charge in [-0.2, -0.15) is 13.9 Å². The summed E-state index contributed by atoms with van der Waals surface area (Å²) in [6.07, 6.45) is 3.88. The molecule has 4 aromatic rings. The fraction of sp³-hybridized carbons (Fsp3) is 0.182. The van der Waals surface area contributed by atoms with E-state index in [0.29, 0.717) is 5.69 Å². The normalized spacial score (nSPS) is 11.4. The number of carbonyl (C=O) groups excluding carboxylic acids is 1. The van der Waals surface area contributed by atoms with Crippen molar-refractivity contribution < 1.29 is 27.5 Å². The number of ether oxygens (including phenoxy) is 2. The SMILES string of the molecule is C=CC(=O)Nc1cn(C)nc1Nc1cc2nc(C(F)(F)c3c(Cl)c(OC)cc(OC)c3Cl)oc2cn1. The van der Waals surface area contributed by atoms with Gasteiger partial charge in [0.1, 0.15) is 28.5 Å². The number of nitrogens with one attached hydrogen (secondary N) is 2. The van der Waals surface area contributed by atoms with E-state index in [1.54, 1.807) is 13.2 Å². The summed E-state index contributed by atoms with van der Waals surface area (Å²) in [6, 6.07) is 2.67. The average molecular weight is 539 g/mol. The Kier molecular flexibility index (Phi) is 6.74. The minimum absolute atomic E-state index is 0.0152. The molecule has 0 aliphatic heterocycles. The molecule has 36 heavy (non-hydrogen) atoms. The number of carbonyl (C=O) groups is 1. The van der Waals surface area contributed by atoms with Gasteiger partial charge in [-0.25, -0.2) is 9.97 Å². The Bertz CT molecular complexity index is 1460. The summed E-state index contributed by atoms with van der Waals surface area (Å²) >= 11 is 12.3. The number of amides is 1. The highest BCUT2D eigenvalue weighted by molar-refractivity contribution is 6.38. The van der Waals surface area contributed by atoms with Crippen LogP contribution in [-0.2, 0) is 17.8 Å². The van der Waals surface area contributed by atoms with Crippen molar-refractivity contribution in [2.24, 2.45) is 7.05 Å². The molecular formula is C22H18Cl2F2N6O4. The first-order chi connectivity index (χ1) is 17.1. The number of aryl methyl sites for hydroxylation is 1. The van der Waals surface area contributed by atoms with Crippen molar-refractivity contribution in [3.8, 4) is 11.5 Å². The van der Waals surface area contributed by atoms with Crippen LogP contribution in [0.2, 0.25) is 10.0 Å². The molecular weight excluding hydrogens is 521 g/mol. The Balaban J connectivity index is 1.72. The van der Waals surface area contributed by atoms with Crippen molar-refractivity contribution >= 4 is 57.5 Å². The molecule has 1 amide bonds. The van der Waals surface area contributed by atoms with Crippen molar-refractivity contribution in [3.05, 3.63) is 58.7 Å². The van der Waals surface area contributed by atoms with Crippen LogP contribution in [0.1, 0.15) is 11.5 Å². The minimum Gasteiger partial charge on any atom is -0.495 e. The van der Waals surface area contributed by atoms with Gasteiger partial charge in [-0.15, -0.1) is 0 Å². The van der Waals surface area contributed by atoms with Gasteiger partial charge in [0.25, 0.3) is 5.89 Å². The number of benzene rings is 1. The Hall–Kier alpha value is -3.90. The van der Waals surface area contributed by atoms with Crippen molar-refractivity contribution in [1.29, 1.82) is 0 Å². The van der Waals surface area contributed by atoms with E-state index in [1.165, 1.54) is 37.2 Å². The summed E-state index contributed by atoms with van der Waals surface area (Å²) in [6.45, 7) is 3.40. The van der Waals surface area contributed by atoms with Gasteiger partial charge < -0.3 is 24.5 Å². The van der Waals surface area contributed by atoms with Crippen molar-refractivity contribution in [2.75, 3.05) is 24.9 Å². The lowest BCUT2D eigenvalue weighted by atomic mass is 10.1. The Morgan fingerprint density at radius 1 is 1.22 bits per heavy atom. The quantitative estimate of drug-likeness (QED) is 0.291. The number of hydrogen-bond donors (Lipinski definition) is 2. The van der Waals surface area contributed by atoms with Gasteiger partial charge in [0.15, 0.2) is 11.4 Å². The van der Waals surface area contributed by atoms with Crippen LogP contribution < -0.4 is 20.1 Å². The van der Waals surface area contributed by atoms with E-state index in [9.17, 15) is 4.79 Å². The summed E-state index contributed by atoms with van der Waals surface area (Å²) < 4.78 is 48.1. The number of anilines is 3. The zero-order valence-electron chi connectivity index (χ0n) is 19.0. The largest absolute Gasteiger partial charge is 0.495 e. The lowest BCUT2D eigenvalue weighted by Crippen LogP contribution is -2.18. The maximum atomic E-state index is 15.6. The topological polar surface area (TPSA) is 116 Å². The van der Waals surface area contributed by atoms with E-state index in [-0.39, 0.29) is 34.2 Å². The van der Waals surface area contributed by atoms with Crippen molar-refractivity contribution in [2.45, 2.75) is 5.92 Å². The third-order valence-corrected chi connectivity index (χ3v) is 5.70. The second-order valence-electron chi connectivity index (χ2n) is 7.30. The van der Waals surface area contributed by atoms with Crippen LogP contribution in [0, 0.1) is 0 Å². The minimum atomic E-state index is -3.86. The van der Waals surface area contributed by atoms with Crippen LogP contribution in [0.15, 0.2) is 41.6 Å². The van der Waals surface area contributed by atoms with Gasteiger partial charge in [0, 0.05) is 19.2 Å². The molecule has 0 saturated carbocycles. The monoisotopic (exact) mass is 538 g/mol. The number of oxazole rings is 1. The van der Waals surface area contributed by atoms with Crippen LogP contribution in [0.4, 0.5) is 26.1 Å². The highest BCUT2D eigenvalue weighted by Gasteiger charge is 2.45. The molecule has 14 heteroatoms. The Morgan fingerprint density at radius 3 is 2.50 bits per heavy atom. The van der Waals surface area contributed by atoms with Crippen molar-refractivity contribution in [3.63, 3.8) is 0 Å². The molecule has 10 nitrogen and oxygen atoms in total. The molecule has 0 aliphatic rings. The average Bonchev–Trinajstić information content (AvgIpc) is 3.42. The molecule has 0 bridgehead atoms. The lowest BCUT2D eigenvalue weighted by Gasteiger charge is -2.19. The molecule has 0 radical (unpaired) electrons. The number of rotatable bonds is 8. The van der Waals surface area contributed by atoms with Gasteiger partial charge in [0.2, 0.25) is 5.91 Å². The fourth-order valence-electron chi connectivity index (χ4n) is 3.28. The molecule has 4 rings (SSSR count). The molecule has 3 aromatic heterocycles. The van der Waals surface area contributed by atoms with E-state index < -0.39 is 33.3 Å². The van der Waals surface area contributed by atoms with E-state index in [1.807, 2.05) is 0 Å². The highest BCUT2D eigenvalue weighted by atomic mass is 35.5. The van der Waals surface area contributed by atoms with Crippen LogP contribution >= 0.6 is 23.2 Å². The van der Waals surface area contributed by atoms with Gasteiger partial charge in [-0.1, -0.05) is 29.8 Å². The van der Waals surface area contributed by atoms with Gasteiger partial charge in [0.05, 0.1) is 42.2 Å². The standard InChI is InChI=1S/C22H18Cl2F2N6O4/c1-5-16(33)28-11-9-32(2)31-20(11)30-15-6-10-14(8-27-15)36-21(29-10)22(25,26)17-18(23)12(34-3)7-13(35-4)19(17)24/h5-9H,1H2,2-4H3,(H,28,33)(H,27,30,31). The zero-order chi connectivity index (χ0) is 26.2. The van der Waals surface area contributed by atoms with Gasteiger partial charge in [-0.05, 0) is 6.08 Å². The summed E-state index contributed by atoms with van der Waals surface area (Å²) in [5.74, 6) is -4.92. The second kappa shape index (κ2) is 9.63. The van der Waals surface area contributed by atoms with Crippen LogP contribution in [0.25, 0.3) is 11.1 Å². The van der Waals surface area contributed by atoms with E-state index in [2.05, 4.69) is 32.3 Å². The molecule has 0 atom stereocenters. The lowest BCUT2D eigenvalue weighted by molar-refractivity contribution is -0.111. The first-order valence-electron chi connectivity index (χ1n) is 10.1. The maximum absolute atomic E-state index is 15.6. The van der Waals surface area contributed by atoms with Crippen LogP contribution in [0.5, 0.6) is 11.5 Å². The van der Waals surface area contributed by atoms with E-state index in [0.717, 1.165) is 6.08 Å². The van der Waals surface area contributed by atoms with E-state index in [4.69, 9.17) is 37.1 Å². The molecule has 1 aromatic carbocycles. The molecule has 188 valence electrons. The third-order valence-electron chi connectivity index (χ3n) is 4.95. The number of hydrogen-bond acceptors (Lipinski definition) is 8. The highest BCUT2D eigenvalue weighted by Crippen LogP contribution is 2.50. The first kappa shape index (κ1) is 25.2. The molecule has 3 heterocycles. The molecule has 0 unspecified atom stereocenters. The number of aromatic nitrogens is 4. The molecule has 2 N–H and O–H groups in total. The van der Waals surface area contributed by atoms with Crippen molar-refractivity contribution in [1.82, 2.24) is 19.7 Å². The number of halogens is 4. The summed E-state index contributed by atoms with van der Waals surface area (Å²) in [7, 11) is 4.19.